The molecule has 1 saturated heterocycles. The third-order valence-corrected chi connectivity index (χ3v) is 3.91. The first kappa shape index (κ1) is 13.3. The van der Waals surface area contributed by atoms with Crippen molar-refractivity contribution in [2.75, 3.05) is 18.0 Å². The van der Waals surface area contributed by atoms with E-state index >= 15 is 0 Å². The van der Waals surface area contributed by atoms with Crippen LogP contribution < -0.4 is 10.6 Å². The van der Waals surface area contributed by atoms with Gasteiger partial charge in [-0.15, -0.1) is 0 Å². The van der Waals surface area contributed by atoms with E-state index in [1.807, 2.05) is 6.07 Å². The molecule has 100 valence electrons. The van der Waals surface area contributed by atoms with Crippen LogP contribution in [-0.2, 0) is 6.54 Å². The summed E-state index contributed by atoms with van der Waals surface area (Å²) in [5, 5.41) is 0. The molecule has 0 atom stereocenters. The number of nitrogens with two attached hydrogens (primary N) is 1. The zero-order chi connectivity index (χ0) is 13.0. The Kier molecular flexibility index (Phi) is 4.59. The third kappa shape index (κ3) is 3.02. The highest BCUT2D eigenvalue weighted by Gasteiger charge is 2.20. The largest absolute Gasteiger partial charge is 0.371 e. The highest BCUT2D eigenvalue weighted by Crippen LogP contribution is 2.28. The van der Waals surface area contributed by atoms with Crippen LogP contribution in [0.15, 0.2) is 18.2 Å². The lowest BCUT2D eigenvalue weighted by molar-refractivity contribution is 0.378. The monoisotopic (exact) mass is 250 g/mol. The Morgan fingerprint density at radius 2 is 2.06 bits per heavy atom. The maximum Gasteiger partial charge on any atom is 0.123 e. The van der Waals surface area contributed by atoms with Crippen molar-refractivity contribution in [1.29, 1.82) is 0 Å². The number of hydrogen-bond donors (Lipinski definition) is 1. The molecule has 1 aliphatic heterocycles. The van der Waals surface area contributed by atoms with Gasteiger partial charge < -0.3 is 10.6 Å². The predicted octanol–water partition coefficient (Wildman–Crippen LogP) is 3.30. The van der Waals surface area contributed by atoms with Gasteiger partial charge in [-0.1, -0.05) is 19.8 Å². The topological polar surface area (TPSA) is 29.3 Å². The van der Waals surface area contributed by atoms with Gasteiger partial charge in [0.2, 0.25) is 0 Å². The molecular weight excluding hydrogens is 227 g/mol. The second kappa shape index (κ2) is 6.19. The molecule has 0 saturated carbocycles. The number of hydrogen-bond acceptors (Lipinski definition) is 2. The Bertz CT molecular complexity index is 384. The lowest BCUT2D eigenvalue weighted by Gasteiger charge is -2.34. The fraction of sp³-hybridized carbons (Fsp3) is 0.600. The molecule has 3 heteroatoms. The van der Waals surface area contributed by atoms with E-state index in [0.717, 1.165) is 30.3 Å². The molecule has 1 aliphatic rings. The van der Waals surface area contributed by atoms with Gasteiger partial charge in [0.05, 0.1) is 0 Å². The Hall–Kier alpha value is -1.09. The Morgan fingerprint density at radius 3 is 2.67 bits per heavy atom. The Balaban J connectivity index is 2.05. The standard InChI is InChI=1S/C15H23FN2/c1-2-3-12-6-8-18(9-7-12)15-5-4-14(16)10-13(15)11-17/h4-5,10,12H,2-3,6-9,11,17H2,1H3. The zero-order valence-electron chi connectivity index (χ0n) is 11.2. The van der Waals surface area contributed by atoms with E-state index in [9.17, 15) is 4.39 Å². The van der Waals surface area contributed by atoms with Crippen LogP contribution in [0.3, 0.4) is 0 Å². The van der Waals surface area contributed by atoms with Gasteiger partial charge in [-0.3, -0.25) is 0 Å². The van der Waals surface area contributed by atoms with Crippen molar-refractivity contribution in [2.24, 2.45) is 11.7 Å². The zero-order valence-corrected chi connectivity index (χ0v) is 11.2. The van der Waals surface area contributed by atoms with Crippen molar-refractivity contribution in [3.05, 3.63) is 29.6 Å². The van der Waals surface area contributed by atoms with Gasteiger partial charge in [0, 0.05) is 25.3 Å². The summed E-state index contributed by atoms with van der Waals surface area (Å²) in [6.07, 6.45) is 5.10. The number of nitrogens with zero attached hydrogens (tertiary/aromatic N) is 1. The van der Waals surface area contributed by atoms with E-state index in [1.54, 1.807) is 6.07 Å². The lowest BCUT2D eigenvalue weighted by Crippen LogP contribution is -2.34. The molecule has 0 aliphatic carbocycles. The van der Waals surface area contributed by atoms with Crippen LogP contribution in [0, 0.1) is 11.7 Å². The highest BCUT2D eigenvalue weighted by atomic mass is 19.1. The summed E-state index contributed by atoms with van der Waals surface area (Å²) in [5.41, 5.74) is 7.75. The minimum Gasteiger partial charge on any atom is -0.371 e. The maximum atomic E-state index is 13.2. The van der Waals surface area contributed by atoms with Gasteiger partial charge in [0.25, 0.3) is 0 Å². The second-order valence-electron chi connectivity index (χ2n) is 5.20. The normalized spacial score (nSPS) is 17.2. The molecule has 2 nitrogen and oxygen atoms in total. The van der Waals surface area contributed by atoms with Crippen molar-refractivity contribution in [2.45, 2.75) is 39.2 Å². The first-order chi connectivity index (χ1) is 8.74. The molecule has 1 aromatic carbocycles. The molecule has 1 aromatic rings. The average Bonchev–Trinajstić information content (AvgIpc) is 2.40. The Labute approximate surface area is 109 Å². The average molecular weight is 250 g/mol. The Morgan fingerprint density at radius 1 is 1.33 bits per heavy atom. The number of benzene rings is 1. The van der Waals surface area contributed by atoms with Crippen LogP contribution in [0.25, 0.3) is 0 Å². The molecule has 0 bridgehead atoms. The molecule has 2 rings (SSSR count). The second-order valence-corrected chi connectivity index (χ2v) is 5.20. The minimum atomic E-state index is -0.194. The van der Waals surface area contributed by atoms with Crippen LogP contribution in [0.2, 0.25) is 0 Å². The van der Waals surface area contributed by atoms with Gasteiger partial charge in [-0.05, 0) is 42.5 Å². The van der Waals surface area contributed by atoms with E-state index in [2.05, 4.69) is 11.8 Å². The molecule has 1 fully saturated rings. The molecule has 0 amide bonds. The molecule has 0 unspecified atom stereocenters. The number of halogens is 1. The van der Waals surface area contributed by atoms with E-state index in [0.29, 0.717) is 6.54 Å². The summed E-state index contributed by atoms with van der Waals surface area (Å²) in [6, 6.07) is 4.97. The summed E-state index contributed by atoms with van der Waals surface area (Å²) < 4.78 is 13.2. The summed E-state index contributed by atoms with van der Waals surface area (Å²) in [7, 11) is 0. The first-order valence-electron chi connectivity index (χ1n) is 6.98. The third-order valence-electron chi connectivity index (χ3n) is 3.91. The first-order valence-corrected chi connectivity index (χ1v) is 6.98. The van der Waals surface area contributed by atoms with Crippen molar-refractivity contribution in [3.8, 4) is 0 Å². The maximum absolute atomic E-state index is 13.2. The van der Waals surface area contributed by atoms with Crippen LogP contribution in [0.5, 0.6) is 0 Å². The van der Waals surface area contributed by atoms with Gasteiger partial charge in [0.1, 0.15) is 5.82 Å². The molecule has 18 heavy (non-hydrogen) atoms. The van der Waals surface area contributed by atoms with Crippen molar-refractivity contribution in [1.82, 2.24) is 0 Å². The van der Waals surface area contributed by atoms with E-state index in [1.165, 1.54) is 31.7 Å². The lowest BCUT2D eigenvalue weighted by atomic mass is 9.92. The van der Waals surface area contributed by atoms with Crippen molar-refractivity contribution in [3.63, 3.8) is 0 Å². The van der Waals surface area contributed by atoms with E-state index < -0.39 is 0 Å². The summed E-state index contributed by atoms with van der Waals surface area (Å²) in [4.78, 5) is 2.35. The molecule has 2 N–H and O–H groups in total. The van der Waals surface area contributed by atoms with Gasteiger partial charge >= 0.3 is 0 Å². The van der Waals surface area contributed by atoms with Gasteiger partial charge in [-0.25, -0.2) is 4.39 Å². The van der Waals surface area contributed by atoms with Gasteiger partial charge in [-0.2, -0.15) is 0 Å². The highest BCUT2D eigenvalue weighted by molar-refractivity contribution is 5.54. The van der Waals surface area contributed by atoms with E-state index in [-0.39, 0.29) is 5.82 Å². The SMILES string of the molecule is CCCC1CCN(c2ccc(F)cc2CN)CC1. The number of piperidine rings is 1. The van der Waals surface area contributed by atoms with Gasteiger partial charge in [0.15, 0.2) is 0 Å². The number of anilines is 1. The predicted molar refractivity (Wildman–Crippen MR) is 74.1 cm³/mol. The van der Waals surface area contributed by atoms with E-state index in [4.69, 9.17) is 5.73 Å². The minimum absolute atomic E-state index is 0.194. The smallest absolute Gasteiger partial charge is 0.123 e. The molecule has 0 spiro atoms. The van der Waals surface area contributed by atoms with Crippen molar-refractivity contribution >= 4 is 5.69 Å². The van der Waals surface area contributed by atoms with Crippen LogP contribution >= 0.6 is 0 Å². The summed E-state index contributed by atoms with van der Waals surface area (Å²) in [6.45, 7) is 4.80. The van der Waals surface area contributed by atoms with Crippen molar-refractivity contribution < 1.29 is 4.39 Å². The fourth-order valence-corrected chi connectivity index (χ4v) is 2.90. The van der Waals surface area contributed by atoms with Crippen LogP contribution in [0.4, 0.5) is 10.1 Å². The number of rotatable bonds is 4. The molecular formula is C15H23FN2. The summed E-state index contributed by atoms with van der Waals surface area (Å²) >= 11 is 0. The van der Waals surface area contributed by atoms with Crippen LogP contribution in [0.1, 0.15) is 38.2 Å². The van der Waals surface area contributed by atoms with Crippen LogP contribution in [-0.4, -0.2) is 13.1 Å². The molecule has 0 aromatic heterocycles. The fourth-order valence-electron chi connectivity index (χ4n) is 2.90. The summed E-state index contributed by atoms with van der Waals surface area (Å²) in [5.74, 6) is 0.674. The molecule has 0 radical (unpaired) electrons. The molecule has 1 heterocycles. The quantitative estimate of drug-likeness (QED) is 0.888.